The summed E-state index contributed by atoms with van der Waals surface area (Å²) in [5.41, 5.74) is 3.37. The molecule has 0 saturated carbocycles. The molecule has 1 aromatic carbocycles. The van der Waals surface area contributed by atoms with E-state index in [0.29, 0.717) is 6.54 Å². The molecule has 0 aliphatic carbocycles. The summed E-state index contributed by atoms with van der Waals surface area (Å²) in [6.07, 6.45) is 0.661. The van der Waals surface area contributed by atoms with Gasteiger partial charge in [0.25, 0.3) is 0 Å². The molecular formula is C17H22N2O2. The molecule has 3 rings (SSSR count). The smallest absolute Gasteiger partial charge is 0.410 e. The van der Waals surface area contributed by atoms with Crippen LogP contribution in [0.4, 0.5) is 4.79 Å². The van der Waals surface area contributed by atoms with E-state index in [1.54, 1.807) is 4.90 Å². The third-order valence-corrected chi connectivity index (χ3v) is 3.97. The van der Waals surface area contributed by atoms with Gasteiger partial charge in [-0.05, 0) is 38.8 Å². The molecule has 0 unspecified atom stereocenters. The first kappa shape index (κ1) is 14.0. The lowest BCUT2D eigenvalue weighted by molar-refractivity contribution is 0.0220. The lowest BCUT2D eigenvalue weighted by atomic mass is 10.0. The van der Waals surface area contributed by atoms with E-state index >= 15 is 0 Å². The molecular weight excluding hydrogens is 264 g/mol. The third kappa shape index (κ3) is 2.50. The quantitative estimate of drug-likeness (QED) is 0.743. The van der Waals surface area contributed by atoms with E-state index < -0.39 is 5.60 Å². The minimum Gasteiger partial charge on any atom is -0.444 e. The lowest BCUT2D eigenvalue weighted by Gasteiger charge is -2.30. The highest BCUT2D eigenvalue weighted by molar-refractivity contribution is 5.86. The van der Waals surface area contributed by atoms with Crippen molar-refractivity contribution in [1.29, 1.82) is 0 Å². The van der Waals surface area contributed by atoms with Crippen LogP contribution in [0.3, 0.4) is 0 Å². The number of para-hydroxylation sites is 1. The predicted octanol–water partition coefficient (Wildman–Crippen LogP) is 3.47. The summed E-state index contributed by atoms with van der Waals surface area (Å²) < 4.78 is 7.68. The molecule has 0 radical (unpaired) electrons. The van der Waals surface area contributed by atoms with Crippen molar-refractivity contribution in [1.82, 2.24) is 9.47 Å². The Bertz CT molecular complexity index is 695. The summed E-state index contributed by atoms with van der Waals surface area (Å²) in [6.45, 7) is 7.04. The Kier molecular flexibility index (Phi) is 3.19. The summed E-state index contributed by atoms with van der Waals surface area (Å²) in [5, 5.41) is 1.30. The van der Waals surface area contributed by atoms with Crippen molar-refractivity contribution < 1.29 is 9.53 Å². The number of aryl methyl sites for hydroxylation is 1. The second-order valence-corrected chi connectivity index (χ2v) is 6.65. The average Bonchev–Trinajstić information content (AvgIpc) is 2.71. The molecule has 4 heteroatoms. The number of ether oxygens (including phenoxy) is 1. The monoisotopic (exact) mass is 286 g/mol. The summed E-state index contributed by atoms with van der Waals surface area (Å²) in [4.78, 5) is 14.0. The summed E-state index contributed by atoms with van der Waals surface area (Å²) in [7, 11) is 2.07. The number of fused-ring (bicyclic) bond motifs is 3. The maximum absolute atomic E-state index is 12.2. The van der Waals surface area contributed by atoms with E-state index in [4.69, 9.17) is 4.74 Å². The number of nitrogens with zero attached hydrogens (tertiary/aromatic N) is 2. The fourth-order valence-corrected chi connectivity index (χ4v) is 2.99. The maximum atomic E-state index is 12.2. The third-order valence-electron chi connectivity index (χ3n) is 3.97. The molecule has 21 heavy (non-hydrogen) atoms. The van der Waals surface area contributed by atoms with E-state index in [1.807, 2.05) is 20.8 Å². The SMILES string of the molecule is Cn1c2c(c3ccccc31)CCN(C(=O)OC(C)(C)C)C2. The van der Waals surface area contributed by atoms with Crippen LogP contribution in [0, 0.1) is 0 Å². The van der Waals surface area contributed by atoms with Gasteiger partial charge >= 0.3 is 6.09 Å². The molecule has 1 aliphatic rings. The van der Waals surface area contributed by atoms with Crippen molar-refractivity contribution in [2.24, 2.45) is 7.05 Å². The first-order valence-electron chi connectivity index (χ1n) is 7.40. The van der Waals surface area contributed by atoms with Crippen LogP contribution in [0.15, 0.2) is 24.3 Å². The minimum atomic E-state index is -0.448. The van der Waals surface area contributed by atoms with Crippen LogP contribution < -0.4 is 0 Å². The Hall–Kier alpha value is -1.97. The topological polar surface area (TPSA) is 34.5 Å². The number of hydrogen-bond donors (Lipinski definition) is 0. The van der Waals surface area contributed by atoms with Gasteiger partial charge in [0.1, 0.15) is 5.60 Å². The van der Waals surface area contributed by atoms with E-state index in [1.165, 1.54) is 22.2 Å². The Morgan fingerprint density at radius 3 is 2.67 bits per heavy atom. The van der Waals surface area contributed by atoms with Crippen LogP contribution in [0.25, 0.3) is 10.9 Å². The highest BCUT2D eigenvalue weighted by Crippen LogP contribution is 2.30. The van der Waals surface area contributed by atoms with Crippen molar-refractivity contribution in [3.8, 4) is 0 Å². The highest BCUT2D eigenvalue weighted by Gasteiger charge is 2.28. The number of amides is 1. The van der Waals surface area contributed by atoms with Gasteiger partial charge in [-0.15, -0.1) is 0 Å². The molecule has 0 bridgehead atoms. The zero-order valence-corrected chi connectivity index (χ0v) is 13.1. The highest BCUT2D eigenvalue weighted by atomic mass is 16.6. The van der Waals surface area contributed by atoms with Crippen LogP contribution in [0.1, 0.15) is 32.0 Å². The van der Waals surface area contributed by atoms with Gasteiger partial charge in [-0.25, -0.2) is 4.79 Å². The standard InChI is InChI=1S/C17H22N2O2/c1-17(2,3)21-16(20)19-10-9-13-12-7-5-6-8-14(12)18(4)15(13)11-19/h5-8H,9-11H2,1-4H3. The van der Waals surface area contributed by atoms with Gasteiger partial charge < -0.3 is 14.2 Å². The zero-order valence-electron chi connectivity index (χ0n) is 13.1. The van der Waals surface area contributed by atoms with Gasteiger partial charge in [0.05, 0.1) is 6.54 Å². The van der Waals surface area contributed by atoms with Crippen molar-refractivity contribution in [2.75, 3.05) is 6.54 Å². The van der Waals surface area contributed by atoms with Gasteiger partial charge in [-0.3, -0.25) is 0 Å². The predicted molar refractivity (Wildman–Crippen MR) is 83.3 cm³/mol. The fourth-order valence-electron chi connectivity index (χ4n) is 2.99. The molecule has 112 valence electrons. The normalized spacial score (nSPS) is 15.1. The van der Waals surface area contributed by atoms with Gasteiger partial charge in [-0.2, -0.15) is 0 Å². The molecule has 1 aromatic heterocycles. The van der Waals surface area contributed by atoms with Crippen molar-refractivity contribution in [2.45, 2.75) is 39.3 Å². The Morgan fingerprint density at radius 1 is 1.24 bits per heavy atom. The second-order valence-electron chi connectivity index (χ2n) is 6.65. The first-order valence-corrected chi connectivity index (χ1v) is 7.40. The van der Waals surface area contributed by atoms with Crippen molar-refractivity contribution in [3.05, 3.63) is 35.5 Å². The van der Waals surface area contributed by atoms with Crippen LogP contribution >= 0.6 is 0 Å². The maximum Gasteiger partial charge on any atom is 0.410 e. The summed E-state index contributed by atoms with van der Waals surface area (Å²) in [5.74, 6) is 0. The molecule has 1 amide bonds. The van der Waals surface area contributed by atoms with Crippen LogP contribution in [-0.2, 0) is 24.8 Å². The number of benzene rings is 1. The molecule has 4 nitrogen and oxygen atoms in total. The van der Waals surface area contributed by atoms with Gasteiger partial charge in [0.2, 0.25) is 0 Å². The zero-order chi connectivity index (χ0) is 15.2. The number of carbonyl (C=O) groups excluding carboxylic acids is 1. The Balaban J connectivity index is 1.91. The van der Waals surface area contributed by atoms with Crippen LogP contribution in [-0.4, -0.2) is 27.7 Å². The first-order chi connectivity index (χ1) is 9.87. The molecule has 1 aliphatic heterocycles. The van der Waals surface area contributed by atoms with E-state index in [0.717, 1.165) is 13.0 Å². The Morgan fingerprint density at radius 2 is 1.95 bits per heavy atom. The minimum absolute atomic E-state index is 0.224. The molecule has 0 spiro atoms. The number of carbonyl (C=O) groups is 1. The summed E-state index contributed by atoms with van der Waals surface area (Å²) in [6, 6.07) is 8.42. The Labute approximate surface area is 125 Å². The van der Waals surface area contributed by atoms with E-state index in [-0.39, 0.29) is 6.09 Å². The van der Waals surface area contributed by atoms with Gasteiger partial charge in [0, 0.05) is 30.2 Å². The van der Waals surface area contributed by atoms with Crippen LogP contribution in [0.2, 0.25) is 0 Å². The van der Waals surface area contributed by atoms with Gasteiger partial charge in [-0.1, -0.05) is 18.2 Å². The molecule has 0 fully saturated rings. The molecule has 2 heterocycles. The van der Waals surface area contributed by atoms with E-state index in [2.05, 4.69) is 35.9 Å². The molecule has 0 atom stereocenters. The number of hydrogen-bond acceptors (Lipinski definition) is 2. The number of rotatable bonds is 0. The molecule has 0 N–H and O–H groups in total. The summed E-state index contributed by atoms with van der Waals surface area (Å²) >= 11 is 0. The average molecular weight is 286 g/mol. The van der Waals surface area contributed by atoms with Crippen LogP contribution in [0.5, 0.6) is 0 Å². The largest absolute Gasteiger partial charge is 0.444 e. The fraction of sp³-hybridized carbons (Fsp3) is 0.471. The lowest BCUT2D eigenvalue weighted by Crippen LogP contribution is -2.40. The molecule has 2 aromatic rings. The second kappa shape index (κ2) is 4.79. The van der Waals surface area contributed by atoms with Crippen molar-refractivity contribution >= 4 is 17.0 Å². The van der Waals surface area contributed by atoms with Crippen molar-refractivity contribution in [3.63, 3.8) is 0 Å². The van der Waals surface area contributed by atoms with Gasteiger partial charge in [0.15, 0.2) is 0 Å². The number of aromatic nitrogens is 1. The molecule has 0 saturated heterocycles. The van der Waals surface area contributed by atoms with E-state index in [9.17, 15) is 4.79 Å².